The van der Waals surface area contributed by atoms with Crippen molar-refractivity contribution in [1.82, 2.24) is 15.3 Å². The minimum atomic E-state index is 0.499. The van der Waals surface area contributed by atoms with Crippen LogP contribution < -0.4 is 20.4 Å². The summed E-state index contributed by atoms with van der Waals surface area (Å²) in [6, 6.07) is 2.67. The van der Waals surface area contributed by atoms with Crippen molar-refractivity contribution < 1.29 is 4.74 Å². The average molecular weight is 421 g/mol. The molecular formula is C21H36N6OS. The molecule has 29 heavy (non-hydrogen) atoms. The van der Waals surface area contributed by atoms with Gasteiger partial charge in [-0.1, -0.05) is 6.92 Å². The van der Waals surface area contributed by atoms with Crippen LogP contribution in [0.3, 0.4) is 0 Å². The molecule has 0 amide bonds. The Balaban J connectivity index is 1.77. The lowest BCUT2D eigenvalue weighted by Gasteiger charge is -2.36. The van der Waals surface area contributed by atoms with E-state index in [4.69, 9.17) is 26.9 Å². The second-order valence-corrected chi connectivity index (χ2v) is 8.78. The molecule has 0 aliphatic carbocycles. The SMILES string of the molecule is COCCCNC(=S)Nc1nc(N2CCC[C@H](C)C2)cc(N2CCCC[C@H]2C)n1. The average Bonchev–Trinajstić information content (AvgIpc) is 2.71. The van der Waals surface area contributed by atoms with Crippen molar-refractivity contribution in [3.05, 3.63) is 6.07 Å². The number of anilines is 3. The van der Waals surface area contributed by atoms with Crippen molar-refractivity contribution in [1.29, 1.82) is 0 Å². The first-order valence-corrected chi connectivity index (χ1v) is 11.4. The number of piperidine rings is 2. The fourth-order valence-corrected chi connectivity index (χ4v) is 4.38. The first-order chi connectivity index (χ1) is 14.1. The molecule has 3 rings (SSSR count). The number of rotatable bonds is 7. The maximum Gasteiger partial charge on any atom is 0.232 e. The number of nitrogens with one attached hydrogen (secondary N) is 2. The highest BCUT2D eigenvalue weighted by molar-refractivity contribution is 7.80. The van der Waals surface area contributed by atoms with Gasteiger partial charge in [-0.25, -0.2) is 0 Å². The molecule has 0 bridgehead atoms. The van der Waals surface area contributed by atoms with Gasteiger partial charge >= 0.3 is 0 Å². The topological polar surface area (TPSA) is 65.6 Å². The number of hydrogen-bond acceptors (Lipinski definition) is 6. The summed E-state index contributed by atoms with van der Waals surface area (Å²) >= 11 is 5.46. The van der Waals surface area contributed by atoms with Crippen LogP contribution in [0.2, 0.25) is 0 Å². The molecule has 2 saturated heterocycles. The van der Waals surface area contributed by atoms with Crippen LogP contribution in [-0.2, 0) is 4.74 Å². The van der Waals surface area contributed by atoms with Gasteiger partial charge in [-0.3, -0.25) is 0 Å². The highest BCUT2D eigenvalue weighted by Crippen LogP contribution is 2.29. The molecule has 0 unspecified atom stereocenters. The van der Waals surface area contributed by atoms with E-state index in [-0.39, 0.29) is 0 Å². The number of ether oxygens (including phenoxy) is 1. The molecular weight excluding hydrogens is 384 g/mol. The monoisotopic (exact) mass is 420 g/mol. The maximum absolute atomic E-state index is 5.46. The van der Waals surface area contributed by atoms with Crippen molar-refractivity contribution >= 4 is 34.9 Å². The van der Waals surface area contributed by atoms with Crippen molar-refractivity contribution in [3.8, 4) is 0 Å². The molecule has 1 aromatic rings. The second kappa shape index (κ2) is 10.9. The molecule has 2 atom stereocenters. The molecule has 0 spiro atoms. The molecule has 3 heterocycles. The van der Waals surface area contributed by atoms with Gasteiger partial charge in [0.25, 0.3) is 0 Å². The van der Waals surface area contributed by atoms with Crippen LogP contribution in [0.25, 0.3) is 0 Å². The molecule has 2 N–H and O–H groups in total. The summed E-state index contributed by atoms with van der Waals surface area (Å²) in [6.45, 7) is 9.23. The first kappa shape index (κ1) is 22.0. The first-order valence-electron chi connectivity index (χ1n) is 11.0. The highest BCUT2D eigenvalue weighted by Gasteiger charge is 2.24. The van der Waals surface area contributed by atoms with Gasteiger partial charge in [-0.05, 0) is 63.6 Å². The Hall–Kier alpha value is -1.67. The lowest BCUT2D eigenvalue weighted by Crippen LogP contribution is -2.39. The third-order valence-electron chi connectivity index (χ3n) is 5.81. The predicted molar refractivity (Wildman–Crippen MR) is 124 cm³/mol. The standard InChI is InChI=1S/C21H36N6OS/c1-16-8-6-11-26(15-16)18-14-19(27-12-5-4-9-17(27)2)24-20(23-18)25-21(29)22-10-7-13-28-3/h14,16-17H,4-13,15H2,1-3H3,(H2,22,23,24,25,29)/t16-,17+/m0/s1. The molecule has 2 aliphatic heterocycles. The van der Waals surface area contributed by atoms with E-state index in [0.717, 1.165) is 44.2 Å². The number of nitrogens with zero attached hydrogens (tertiary/aromatic N) is 4. The maximum atomic E-state index is 5.46. The molecule has 0 saturated carbocycles. The number of thiocarbonyl (C=S) groups is 1. The Morgan fingerprint density at radius 2 is 2.00 bits per heavy atom. The molecule has 0 aromatic carbocycles. The van der Waals surface area contributed by atoms with E-state index in [2.05, 4.69) is 40.3 Å². The van der Waals surface area contributed by atoms with Crippen LogP contribution in [0, 0.1) is 5.92 Å². The van der Waals surface area contributed by atoms with Gasteiger partial charge in [0.05, 0.1) is 0 Å². The summed E-state index contributed by atoms with van der Waals surface area (Å²) in [4.78, 5) is 14.5. The van der Waals surface area contributed by atoms with Crippen LogP contribution >= 0.6 is 12.2 Å². The van der Waals surface area contributed by atoms with E-state index in [1.54, 1.807) is 7.11 Å². The van der Waals surface area contributed by atoms with E-state index in [1.807, 2.05) is 0 Å². The second-order valence-electron chi connectivity index (χ2n) is 8.37. The quantitative estimate of drug-likeness (QED) is 0.514. The van der Waals surface area contributed by atoms with Gasteiger partial charge in [0.15, 0.2) is 5.11 Å². The molecule has 1 aromatic heterocycles. The van der Waals surface area contributed by atoms with Crippen molar-refractivity contribution in [2.24, 2.45) is 5.92 Å². The van der Waals surface area contributed by atoms with Gasteiger partial charge in [-0.15, -0.1) is 0 Å². The van der Waals surface area contributed by atoms with Crippen LogP contribution in [0.4, 0.5) is 17.6 Å². The van der Waals surface area contributed by atoms with Crippen LogP contribution in [0.15, 0.2) is 6.07 Å². The van der Waals surface area contributed by atoms with Crippen LogP contribution in [0.1, 0.15) is 52.4 Å². The van der Waals surface area contributed by atoms with Crippen molar-refractivity contribution in [2.45, 2.75) is 58.4 Å². The molecule has 2 fully saturated rings. The molecule has 0 radical (unpaired) electrons. The summed E-state index contributed by atoms with van der Waals surface area (Å²) < 4.78 is 5.09. The van der Waals surface area contributed by atoms with Gasteiger partial charge in [0, 0.05) is 52.0 Å². The van der Waals surface area contributed by atoms with Crippen LogP contribution in [-0.4, -0.2) is 61.0 Å². The normalized spacial score (nSPS) is 22.4. The molecule has 162 valence electrons. The third kappa shape index (κ3) is 6.40. The third-order valence-corrected chi connectivity index (χ3v) is 6.06. The van der Waals surface area contributed by atoms with E-state index in [9.17, 15) is 0 Å². The molecule has 7 nitrogen and oxygen atoms in total. The Morgan fingerprint density at radius 1 is 1.17 bits per heavy atom. The fraction of sp³-hybridized carbons (Fsp3) is 0.762. The van der Waals surface area contributed by atoms with Crippen LogP contribution in [0.5, 0.6) is 0 Å². The number of methoxy groups -OCH3 is 1. The zero-order valence-corrected chi connectivity index (χ0v) is 18.9. The van der Waals surface area contributed by atoms with E-state index < -0.39 is 0 Å². The minimum absolute atomic E-state index is 0.499. The van der Waals surface area contributed by atoms with Gasteiger partial charge in [0.2, 0.25) is 5.95 Å². The summed E-state index contributed by atoms with van der Waals surface area (Å²) in [5.41, 5.74) is 0. The lowest BCUT2D eigenvalue weighted by atomic mass is 10.0. The van der Waals surface area contributed by atoms with E-state index in [0.29, 0.717) is 29.6 Å². The van der Waals surface area contributed by atoms with Gasteiger partial charge in [0.1, 0.15) is 11.6 Å². The van der Waals surface area contributed by atoms with Gasteiger partial charge in [-0.2, -0.15) is 9.97 Å². The Morgan fingerprint density at radius 3 is 2.76 bits per heavy atom. The minimum Gasteiger partial charge on any atom is -0.385 e. The fourth-order valence-electron chi connectivity index (χ4n) is 4.19. The zero-order chi connectivity index (χ0) is 20.6. The summed E-state index contributed by atoms with van der Waals surface area (Å²) in [6.07, 6.45) is 7.12. The Bertz CT molecular complexity index is 673. The summed E-state index contributed by atoms with van der Waals surface area (Å²) in [5, 5.41) is 6.98. The Labute approximate surface area is 180 Å². The number of aromatic nitrogens is 2. The Kier molecular flexibility index (Phi) is 8.29. The largest absolute Gasteiger partial charge is 0.385 e. The van der Waals surface area contributed by atoms with E-state index in [1.165, 1.54) is 32.1 Å². The van der Waals surface area contributed by atoms with Gasteiger partial charge < -0.3 is 25.2 Å². The smallest absolute Gasteiger partial charge is 0.232 e. The number of hydrogen-bond donors (Lipinski definition) is 2. The van der Waals surface area contributed by atoms with Crippen molar-refractivity contribution in [2.75, 3.05) is 55.0 Å². The van der Waals surface area contributed by atoms with Crippen molar-refractivity contribution in [3.63, 3.8) is 0 Å². The highest BCUT2D eigenvalue weighted by atomic mass is 32.1. The molecule has 8 heteroatoms. The van der Waals surface area contributed by atoms with E-state index >= 15 is 0 Å². The zero-order valence-electron chi connectivity index (χ0n) is 18.1. The summed E-state index contributed by atoms with van der Waals surface area (Å²) in [5.74, 6) is 3.28. The predicted octanol–water partition coefficient (Wildman–Crippen LogP) is 3.41. The summed E-state index contributed by atoms with van der Waals surface area (Å²) in [7, 11) is 1.71. The molecule has 2 aliphatic rings. The lowest BCUT2D eigenvalue weighted by molar-refractivity contribution is 0.196.